The van der Waals surface area contributed by atoms with Crippen molar-refractivity contribution in [3.8, 4) is 0 Å². The largest absolute Gasteiger partial charge is 0.463 e. The minimum Gasteiger partial charge on any atom is -0.463 e. The summed E-state index contributed by atoms with van der Waals surface area (Å²) in [6, 6.07) is 1.71. The van der Waals surface area contributed by atoms with Crippen molar-refractivity contribution in [2.45, 2.75) is 26.7 Å². The molecule has 1 amide bonds. The van der Waals surface area contributed by atoms with Gasteiger partial charge in [-0.25, -0.2) is 0 Å². The van der Waals surface area contributed by atoms with Crippen LogP contribution in [0.1, 0.15) is 37.0 Å². The average molecular weight is 310 g/mol. The summed E-state index contributed by atoms with van der Waals surface area (Å²) in [7, 11) is 1.56. The zero-order valence-electron chi connectivity index (χ0n) is 13.6. The monoisotopic (exact) mass is 310 g/mol. The number of hydrogen-bond acceptors (Lipinski definition) is 4. The second-order valence-corrected chi connectivity index (χ2v) is 5.72. The molecule has 0 spiro atoms. The summed E-state index contributed by atoms with van der Waals surface area (Å²) in [5, 5.41) is 2.87. The molecule has 6 nitrogen and oxygen atoms in total. The van der Waals surface area contributed by atoms with E-state index in [0.717, 1.165) is 6.42 Å². The van der Waals surface area contributed by atoms with Gasteiger partial charge in [0, 0.05) is 26.0 Å². The van der Waals surface area contributed by atoms with Gasteiger partial charge in [-0.15, -0.1) is 0 Å². The quantitative estimate of drug-likeness (QED) is 0.511. The molecule has 0 unspecified atom stereocenters. The third-order valence-electron chi connectivity index (χ3n) is 3.22. The Morgan fingerprint density at radius 2 is 2.09 bits per heavy atom. The Labute approximate surface area is 131 Å². The third kappa shape index (κ3) is 7.26. The number of aromatic amines is 1. The second kappa shape index (κ2) is 10.00. The van der Waals surface area contributed by atoms with Crippen molar-refractivity contribution in [3.63, 3.8) is 0 Å². The third-order valence-corrected chi connectivity index (χ3v) is 3.22. The predicted molar refractivity (Wildman–Crippen MR) is 83.5 cm³/mol. The summed E-state index contributed by atoms with van der Waals surface area (Å²) >= 11 is 0. The molecule has 0 aliphatic carbocycles. The first-order chi connectivity index (χ1) is 10.5. The van der Waals surface area contributed by atoms with E-state index in [9.17, 15) is 9.59 Å². The molecule has 0 aliphatic rings. The van der Waals surface area contributed by atoms with E-state index in [1.165, 1.54) is 0 Å². The topological polar surface area (TPSA) is 80.4 Å². The van der Waals surface area contributed by atoms with Gasteiger partial charge in [0.1, 0.15) is 6.61 Å². The van der Waals surface area contributed by atoms with Gasteiger partial charge in [-0.1, -0.05) is 13.8 Å². The SMILES string of the molecule is COCCOC(=O)C[C@@H](CNC(=O)c1cc[nH]c1)CC(C)C. The van der Waals surface area contributed by atoms with Crippen molar-refractivity contribution in [2.24, 2.45) is 11.8 Å². The van der Waals surface area contributed by atoms with E-state index in [1.807, 2.05) is 0 Å². The predicted octanol–water partition coefficient (Wildman–Crippen LogP) is 1.99. The van der Waals surface area contributed by atoms with Crippen LogP contribution in [0.2, 0.25) is 0 Å². The first-order valence-electron chi connectivity index (χ1n) is 7.58. The maximum Gasteiger partial charge on any atom is 0.306 e. The Morgan fingerprint density at radius 1 is 1.32 bits per heavy atom. The van der Waals surface area contributed by atoms with Crippen LogP contribution in [0.5, 0.6) is 0 Å². The molecule has 1 aromatic heterocycles. The molecular formula is C16H26N2O4. The molecule has 0 fully saturated rings. The molecule has 0 saturated carbocycles. The van der Waals surface area contributed by atoms with Crippen LogP contribution in [0.3, 0.4) is 0 Å². The van der Waals surface area contributed by atoms with Gasteiger partial charge >= 0.3 is 5.97 Å². The van der Waals surface area contributed by atoms with Crippen LogP contribution in [0.4, 0.5) is 0 Å². The Morgan fingerprint density at radius 3 is 2.68 bits per heavy atom. The standard InChI is InChI=1S/C16H26N2O4/c1-12(2)8-13(9-15(19)22-7-6-21-3)10-18-16(20)14-4-5-17-11-14/h4-5,11-13,17H,6-10H2,1-3H3,(H,18,20)/t13-/m0/s1. The lowest BCUT2D eigenvalue weighted by Gasteiger charge is -2.18. The fraction of sp³-hybridized carbons (Fsp3) is 0.625. The van der Waals surface area contributed by atoms with Crippen molar-refractivity contribution in [3.05, 3.63) is 24.0 Å². The van der Waals surface area contributed by atoms with Crippen molar-refractivity contribution in [1.29, 1.82) is 0 Å². The second-order valence-electron chi connectivity index (χ2n) is 5.72. The Hall–Kier alpha value is -1.82. The van der Waals surface area contributed by atoms with E-state index in [-0.39, 0.29) is 24.4 Å². The Balaban J connectivity index is 2.42. The van der Waals surface area contributed by atoms with Gasteiger partial charge in [0.2, 0.25) is 0 Å². The van der Waals surface area contributed by atoms with Gasteiger partial charge in [0.15, 0.2) is 0 Å². The molecule has 0 aliphatic heterocycles. The van der Waals surface area contributed by atoms with Crippen LogP contribution in [-0.4, -0.2) is 43.7 Å². The molecule has 0 aromatic carbocycles. The summed E-state index contributed by atoms with van der Waals surface area (Å²) in [5.74, 6) is 0.125. The highest BCUT2D eigenvalue weighted by atomic mass is 16.6. The Bertz CT molecular complexity index is 443. The lowest BCUT2D eigenvalue weighted by molar-refractivity contribution is -0.146. The first kappa shape index (κ1) is 18.2. The van der Waals surface area contributed by atoms with Crippen LogP contribution < -0.4 is 5.32 Å². The average Bonchev–Trinajstić information content (AvgIpc) is 2.98. The fourth-order valence-corrected chi connectivity index (χ4v) is 2.24. The number of esters is 1. The minimum atomic E-state index is -0.251. The number of carbonyl (C=O) groups excluding carboxylic acids is 2. The summed E-state index contributed by atoms with van der Waals surface area (Å²) in [5.41, 5.74) is 0.589. The maximum absolute atomic E-state index is 11.9. The number of ether oxygens (including phenoxy) is 2. The van der Waals surface area contributed by atoms with Crippen LogP contribution in [0, 0.1) is 11.8 Å². The zero-order valence-corrected chi connectivity index (χ0v) is 13.6. The van der Waals surface area contributed by atoms with Gasteiger partial charge in [0.05, 0.1) is 18.6 Å². The number of methoxy groups -OCH3 is 1. The lowest BCUT2D eigenvalue weighted by atomic mass is 9.94. The number of carbonyl (C=O) groups is 2. The van der Waals surface area contributed by atoms with Crippen LogP contribution in [0.15, 0.2) is 18.5 Å². The normalized spacial score (nSPS) is 12.2. The van der Waals surface area contributed by atoms with Gasteiger partial charge in [-0.2, -0.15) is 0 Å². The van der Waals surface area contributed by atoms with E-state index in [2.05, 4.69) is 24.1 Å². The molecule has 1 heterocycles. The fourth-order valence-electron chi connectivity index (χ4n) is 2.24. The number of H-pyrrole nitrogens is 1. The van der Waals surface area contributed by atoms with Crippen LogP contribution >= 0.6 is 0 Å². The van der Waals surface area contributed by atoms with Crippen molar-refractivity contribution in [2.75, 3.05) is 26.9 Å². The lowest BCUT2D eigenvalue weighted by Crippen LogP contribution is -2.31. The molecule has 124 valence electrons. The van der Waals surface area contributed by atoms with E-state index >= 15 is 0 Å². The summed E-state index contributed by atoms with van der Waals surface area (Å²) in [4.78, 5) is 26.6. The van der Waals surface area contributed by atoms with Crippen molar-refractivity contribution < 1.29 is 19.1 Å². The number of aromatic nitrogens is 1. The molecule has 0 bridgehead atoms. The summed E-state index contributed by atoms with van der Waals surface area (Å²) in [6.45, 7) is 5.31. The molecule has 6 heteroatoms. The molecule has 1 aromatic rings. The van der Waals surface area contributed by atoms with E-state index in [0.29, 0.717) is 31.1 Å². The van der Waals surface area contributed by atoms with Gasteiger partial charge < -0.3 is 19.8 Å². The molecule has 1 rings (SSSR count). The van der Waals surface area contributed by atoms with Crippen molar-refractivity contribution >= 4 is 11.9 Å². The molecular weight excluding hydrogens is 284 g/mol. The van der Waals surface area contributed by atoms with E-state index in [1.54, 1.807) is 25.6 Å². The summed E-state index contributed by atoms with van der Waals surface area (Å²) < 4.78 is 9.94. The highest BCUT2D eigenvalue weighted by molar-refractivity contribution is 5.93. The molecule has 0 radical (unpaired) electrons. The molecule has 2 N–H and O–H groups in total. The van der Waals surface area contributed by atoms with Gasteiger partial charge in [-0.05, 0) is 24.3 Å². The molecule has 0 saturated heterocycles. The number of nitrogens with one attached hydrogen (secondary N) is 2. The van der Waals surface area contributed by atoms with Gasteiger partial charge in [0.25, 0.3) is 5.91 Å². The van der Waals surface area contributed by atoms with E-state index < -0.39 is 0 Å². The van der Waals surface area contributed by atoms with Crippen LogP contribution in [-0.2, 0) is 14.3 Å². The Kier molecular flexibility index (Phi) is 8.28. The van der Waals surface area contributed by atoms with Gasteiger partial charge in [-0.3, -0.25) is 9.59 Å². The number of rotatable bonds is 10. The minimum absolute atomic E-state index is 0.0675. The van der Waals surface area contributed by atoms with Crippen molar-refractivity contribution in [1.82, 2.24) is 10.3 Å². The number of amides is 1. The molecule has 1 atom stereocenters. The smallest absolute Gasteiger partial charge is 0.306 e. The zero-order chi connectivity index (χ0) is 16.4. The highest BCUT2D eigenvalue weighted by Gasteiger charge is 2.18. The summed E-state index contributed by atoms with van der Waals surface area (Å²) in [6.07, 6.45) is 4.50. The number of hydrogen-bond donors (Lipinski definition) is 2. The highest BCUT2D eigenvalue weighted by Crippen LogP contribution is 2.15. The van der Waals surface area contributed by atoms with Crippen LogP contribution in [0.25, 0.3) is 0 Å². The molecule has 22 heavy (non-hydrogen) atoms. The van der Waals surface area contributed by atoms with E-state index in [4.69, 9.17) is 9.47 Å². The maximum atomic E-state index is 11.9. The first-order valence-corrected chi connectivity index (χ1v) is 7.58.